The monoisotopic (exact) mass is 341 g/mol. The van der Waals surface area contributed by atoms with Crippen LogP contribution in [0.15, 0.2) is 36.4 Å². The first kappa shape index (κ1) is 15.3. The van der Waals surface area contributed by atoms with Gasteiger partial charge in [-0.1, -0.05) is 12.1 Å². The first-order chi connectivity index (χ1) is 12.1. The van der Waals surface area contributed by atoms with Crippen molar-refractivity contribution in [1.29, 1.82) is 0 Å². The van der Waals surface area contributed by atoms with Gasteiger partial charge in [0.15, 0.2) is 5.75 Å². The van der Waals surface area contributed by atoms with E-state index in [0.717, 1.165) is 12.8 Å². The van der Waals surface area contributed by atoms with Gasteiger partial charge < -0.3 is 25.2 Å². The Labute approximate surface area is 142 Å². The second-order valence-corrected chi connectivity index (χ2v) is 5.92. The number of rotatable bonds is 1. The van der Waals surface area contributed by atoms with Gasteiger partial charge in [-0.2, -0.15) is 9.46 Å². The van der Waals surface area contributed by atoms with E-state index in [9.17, 15) is 20.3 Å². The highest BCUT2D eigenvalue weighted by atomic mass is 16.6. The third kappa shape index (κ3) is 2.34. The van der Waals surface area contributed by atoms with Gasteiger partial charge in [-0.3, -0.25) is 0 Å². The number of amides is 1. The number of hydrogen-bond acceptors (Lipinski definition) is 5. The zero-order chi connectivity index (χ0) is 17.6. The van der Waals surface area contributed by atoms with Crippen molar-refractivity contribution in [3.05, 3.63) is 46.8 Å². The molecule has 0 unspecified atom stereocenters. The van der Waals surface area contributed by atoms with E-state index >= 15 is 0 Å². The van der Waals surface area contributed by atoms with Crippen molar-refractivity contribution in [3.63, 3.8) is 0 Å². The summed E-state index contributed by atoms with van der Waals surface area (Å²) in [6.45, 7) is 1.22. The molecule has 0 saturated carbocycles. The number of hydrogen-bond donors (Lipinski definition) is 1. The zero-order valence-corrected chi connectivity index (χ0v) is 13.2. The lowest BCUT2D eigenvalue weighted by Crippen LogP contribution is -2.40. The van der Waals surface area contributed by atoms with Crippen molar-refractivity contribution in [1.82, 2.24) is 4.90 Å². The van der Waals surface area contributed by atoms with E-state index in [1.165, 1.54) is 36.4 Å². The lowest BCUT2D eigenvalue weighted by atomic mass is 10.2. The molecular weight excluding hydrogens is 326 g/mol. The summed E-state index contributed by atoms with van der Waals surface area (Å²) in [5, 5.41) is 35.3. The molecule has 1 N–H and O–H groups in total. The molecule has 3 aromatic rings. The van der Waals surface area contributed by atoms with Crippen LogP contribution in [0.3, 0.4) is 0 Å². The number of para-hydroxylation sites is 2. The van der Waals surface area contributed by atoms with Crippen LogP contribution in [0.4, 0.5) is 4.79 Å². The molecule has 1 amide bonds. The van der Waals surface area contributed by atoms with E-state index in [2.05, 4.69) is 0 Å². The van der Waals surface area contributed by atoms with Crippen LogP contribution in [0.1, 0.15) is 12.8 Å². The van der Waals surface area contributed by atoms with Crippen molar-refractivity contribution in [2.24, 2.45) is 0 Å². The number of benzene rings is 2. The van der Waals surface area contributed by atoms with Gasteiger partial charge in [0.1, 0.15) is 0 Å². The minimum Gasteiger partial charge on any atom is -0.617 e. The van der Waals surface area contributed by atoms with Gasteiger partial charge in [-0.05, 0) is 25.0 Å². The van der Waals surface area contributed by atoms with Gasteiger partial charge in [0.05, 0.1) is 0 Å². The molecule has 8 nitrogen and oxygen atoms in total. The maximum atomic E-state index is 12.8. The summed E-state index contributed by atoms with van der Waals surface area (Å²) < 4.78 is 6.36. The SMILES string of the molecule is O=C(Oc1cccc2c1[n+]([O-])c1cccc(O)c1[n+]2[O-])N1CCCC1. The Kier molecular flexibility index (Phi) is 3.45. The average Bonchev–Trinajstić information content (AvgIpc) is 3.14. The van der Waals surface area contributed by atoms with E-state index in [1.807, 2.05) is 0 Å². The molecule has 128 valence electrons. The molecule has 1 saturated heterocycles. The van der Waals surface area contributed by atoms with E-state index < -0.39 is 6.09 Å². The fraction of sp³-hybridized carbons (Fsp3) is 0.235. The van der Waals surface area contributed by atoms with Gasteiger partial charge in [0.2, 0.25) is 5.75 Å². The van der Waals surface area contributed by atoms with Gasteiger partial charge in [0.25, 0.3) is 11.0 Å². The molecule has 0 spiro atoms. The lowest BCUT2D eigenvalue weighted by molar-refractivity contribution is -0.591. The highest BCUT2D eigenvalue weighted by Gasteiger charge is 2.29. The number of likely N-dealkylation sites (tertiary alicyclic amines) is 1. The summed E-state index contributed by atoms with van der Waals surface area (Å²) in [6, 6.07) is 8.66. The fourth-order valence-corrected chi connectivity index (χ4v) is 3.15. The molecule has 8 heteroatoms. The van der Waals surface area contributed by atoms with Crippen molar-refractivity contribution in [2.75, 3.05) is 13.1 Å². The van der Waals surface area contributed by atoms with Crippen molar-refractivity contribution < 1.29 is 24.1 Å². The summed E-state index contributed by atoms with van der Waals surface area (Å²) >= 11 is 0. The number of nitrogens with zero attached hydrogens (tertiary/aromatic N) is 3. The Morgan fingerprint density at radius 3 is 2.32 bits per heavy atom. The third-order valence-corrected chi connectivity index (χ3v) is 4.38. The van der Waals surface area contributed by atoms with Gasteiger partial charge in [0, 0.05) is 25.2 Å². The molecule has 1 aliphatic heterocycles. The van der Waals surface area contributed by atoms with Crippen LogP contribution in [0.25, 0.3) is 22.1 Å². The minimum atomic E-state index is -0.543. The van der Waals surface area contributed by atoms with Crippen LogP contribution >= 0.6 is 0 Å². The Morgan fingerprint density at radius 1 is 1.00 bits per heavy atom. The standard InChI is InChI=1S/C17H15N3O5/c21-13-7-3-5-11-15(13)19(23)12-6-4-8-14(16(12)20(11)24)25-17(22)18-9-1-2-10-18/h3-8,21H,1-2,9-10H2. The van der Waals surface area contributed by atoms with Crippen LogP contribution in [-0.2, 0) is 0 Å². The first-order valence-corrected chi connectivity index (χ1v) is 7.94. The highest BCUT2D eigenvalue weighted by molar-refractivity contribution is 5.85. The molecule has 1 fully saturated rings. The molecule has 0 atom stereocenters. The fourth-order valence-electron chi connectivity index (χ4n) is 3.15. The van der Waals surface area contributed by atoms with Crippen LogP contribution in [0.2, 0.25) is 0 Å². The molecule has 2 aromatic carbocycles. The van der Waals surface area contributed by atoms with E-state index in [0.29, 0.717) is 22.6 Å². The molecule has 4 rings (SSSR count). The number of aromatic nitrogens is 2. The van der Waals surface area contributed by atoms with Crippen LogP contribution in [0.5, 0.6) is 11.5 Å². The Bertz CT molecular complexity index is 999. The van der Waals surface area contributed by atoms with Crippen molar-refractivity contribution in [3.8, 4) is 11.5 Å². The van der Waals surface area contributed by atoms with Crippen LogP contribution < -0.4 is 14.2 Å². The summed E-state index contributed by atoms with van der Waals surface area (Å²) in [4.78, 5) is 13.8. The molecule has 25 heavy (non-hydrogen) atoms. The zero-order valence-electron chi connectivity index (χ0n) is 13.2. The number of carbonyl (C=O) groups is 1. The van der Waals surface area contributed by atoms with Gasteiger partial charge in [-0.25, -0.2) is 4.79 Å². The van der Waals surface area contributed by atoms with Crippen LogP contribution in [0, 0.1) is 10.4 Å². The molecule has 1 aromatic heterocycles. The number of ether oxygens (including phenoxy) is 1. The second-order valence-electron chi connectivity index (χ2n) is 5.92. The summed E-state index contributed by atoms with van der Waals surface area (Å²) in [5.41, 5.74) is -0.181. The Morgan fingerprint density at radius 2 is 1.60 bits per heavy atom. The summed E-state index contributed by atoms with van der Waals surface area (Å²) in [5.74, 6) is -0.280. The predicted molar refractivity (Wildman–Crippen MR) is 87.9 cm³/mol. The maximum absolute atomic E-state index is 12.8. The van der Waals surface area contributed by atoms with Crippen molar-refractivity contribution >= 4 is 28.2 Å². The smallest absolute Gasteiger partial charge is 0.415 e. The van der Waals surface area contributed by atoms with Gasteiger partial charge in [-0.15, -0.1) is 0 Å². The van der Waals surface area contributed by atoms with Crippen molar-refractivity contribution in [2.45, 2.75) is 12.8 Å². The third-order valence-electron chi connectivity index (χ3n) is 4.38. The number of phenolic OH excluding ortho intramolecular Hbond substituents is 1. The quantitative estimate of drug-likeness (QED) is 0.411. The molecule has 1 aliphatic rings. The second kappa shape index (κ2) is 5.66. The maximum Gasteiger partial charge on any atom is 0.415 e. The van der Waals surface area contributed by atoms with Gasteiger partial charge >= 0.3 is 17.1 Å². The van der Waals surface area contributed by atoms with E-state index in [4.69, 9.17) is 4.74 Å². The molecule has 0 bridgehead atoms. The number of carbonyl (C=O) groups excluding carboxylic acids is 1. The summed E-state index contributed by atoms with van der Waals surface area (Å²) in [6.07, 6.45) is 1.28. The number of aromatic hydroxyl groups is 1. The summed E-state index contributed by atoms with van der Waals surface area (Å²) in [7, 11) is 0. The van der Waals surface area contributed by atoms with Crippen LogP contribution in [-0.4, -0.2) is 29.2 Å². The van der Waals surface area contributed by atoms with E-state index in [-0.39, 0.29) is 33.6 Å². The highest BCUT2D eigenvalue weighted by Crippen LogP contribution is 2.26. The minimum absolute atomic E-state index is 0.00725. The Balaban J connectivity index is 1.91. The molecule has 0 aliphatic carbocycles. The molecule has 0 radical (unpaired) electrons. The Hall–Kier alpha value is -3.29. The number of fused-ring (bicyclic) bond motifs is 2. The molecular formula is C17H15N3O5. The average molecular weight is 341 g/mol. The lowest BCUT2D eigenvalue weighted by Gasteiger charge is -2.15. The van der Waals surface area contributed by atoms with E-state index in [1.54, 1.807) is 4.90 Å². The first-order valence-electron chi connectivity index (χ1n) is 7.94. The number of phenols is 1. The largest absolute Gasteiger partial charge is 0.617 e. The predicted octanol–water partition coefficient (Wildman–Crippen LogP) is 1.56. The topological polar surface area (TPSA) is 104 Å². The normalized spacial score (nSPS) is 14.3. The molecule has 2 heterocycles.